The Balaban J connectivity index is 2.44. The maximum absolute atomic E-state index is 11.8. The van der Waals surface area contributed by atoms with E-state index in [1.165, 1.54) is 12.1 Å². The fraction of sp³-hybridized carbons (Fsp3) is 0.385. The maximum Gasteiger partial charge on any atom is 0.342 e. The predicted molar refractivity (Wildman–Crippen MR) is 74.5 cm³/mol. The molecule has 112 valence electrons. The molecule has 1 fully saturated rings. The van der Waals surface area contributed by atoms with E-state index in [-0.39, 0.29) is 11.5 Å². The van der Waals surface area contributed by atoms with Crippen LogP contribution in [0.1, 0.15) is 23.7 Å². The molecule has 2 N–H and O–H groups in total. The summed E-state index contributed by atoms with van der Waals surface area (Å²) in [6.07, 6.45) is 0.561. The van der Waals surface area contributed by atoms with Gasteiger partial charge in [0.15, 0.2) is 0 Å². The average molecular weight is 293 g/mol. The normalized spacial score (nSPS) is 18.2. The molecule has 1 unspecified atom stereocenters. The summed E-state index contributed by atoms with van der Waals surface area (Å²) in [5.41, 5.74) is -0.334. The summed E-state index contributed by atoms with van der Waals surface area (Å²) in [4.78, 5) is 34.9. The Labute approximate surface area is 120 Å². The molecule has 21 heavy (non-hydrogen) atoms. The standard InChI is InChI=1S/C13H15N3O5/c1-2-10-12(17)14-5-6-15(10)8-3-4-11(16(20)21)9(7-8)13(18)19/h3-4,7,10H,2,5-6H2,1H3,(H,14,17)(H,18,19). The first kappa shape index (κ1) is 14.8. The minimum absolute atomic E-state index is 0.126. The van der Waals surface area contributed by atoms with Gasteiger partial charge in [0.1, 0.15) is 11.6 Å². The van der Waals surface area contributed by atoms with Crippen molar-refractivity contribution in [2.45, 2.75) is 19.4 Å². The number of nitrogens with zero attached hydrogens (tertiary/aromatic N) is 2. The molecule has 1 aliphatic heterocycles. The summed E-state index contributed by atoms with van der Waals surface area (Å²) in [6, 6.07) is 3.49. The summed E-state index contributed by atoms with van der Waals surface area (Å²) < 4.78 is 0. The van der Waals surface area contributed by atoms with Crippen molar-refractivity contribution in [2.75, 3.05) is 18.0 Å². The number of carboxylic acid groups (broad SMARTS) is 1. The van der Waals surface area contributed by atoms with Gasteiger partial charge in [0.05, 0.1) is 4.92 Å². The quantitative estimate of drug-likeness (QED) is 0.632. The second-order valence-electron chi connectivity index (χ2n) is 4.67. The lowest BCUT2D eigenvalue weighted by Gasteiger charge is -2.36. The van der Waals surface area contributed by atoms with Gasteiger partial charge in [-0.25, -0.2) is 4.79 Å². The molecule has 0 aliphatic carbocycles. The van der Waals surface area contributed by atoms with Crippen LogP contribution in [0, 0.1) is 10.1 Å². The van der Waals surface area contributed by atoms with Gasteiger partial charge in [0.2, 0.25) is 5.91 Å². The van der Waals surface area contributed by atoms with E-state index >= 15 is 0 Å². The number of carbonyl (C=O) groups excluding carboxylic acids is 1. The van der Waals surface area contributed by atoms with E-state index in [9.17, 15) is 19.7 Å². The number of aromatic carboxylic acids is 1. The highest BCUT2D eigenvalue weighted by molar-refractivity contribution is 5.94. The molecule has 0 spiro atoms. The average Bonchev–Trinajstić information content (AvgIpc) is 2.46. The van der Waals surface area contributed by atoms with Crippen LogP contribution in [0.5, 0.6) is 0 Å². The zero-order valence-corrected chi connectivity index (χ0v) is 11.4. The van der Waals surface area contributed by atoms with Crippen LogP contribution in [-0.4, -0.2) is 41.0 Å². The largest absolute Gasteiger partial charge is 0.477 e. The molecule has 1 aromatic carbocycles. The van der Waals surface area contributed by atoms with Crippen LogP contribution in [0.4, 0.5) is 11.4 Å². The maximum atomic E-state index is 11.8. The molecule has 0 saturated carbocycles. The van der Waals surface area contributed by atoms with Gasteiger partial charge in [-0.1, -0.05) is 6.92 Å². The third kappa shape index (κ3) is 2.78. The second-order valence-corrected chi connectivity index (χ2v) is 4.67. The lowest BCUT2D eigenvalue weighted by Crippen LogP contribution is -2.55. The van der Waals surface area contributed by atoms with Crippen molar-refractivity contribution in [3.05, 3.63) is 33.9 Å². The van der Waals surface area contributed by atoms with Gasteiger partial charge in [0.25, 0.3) is 5.69 Å². The van der Waals surface area contributed by atoms with Crippen LogP contribution >= 0.6 is 0 Å². The number of piperazine rings is 1. The summed E-state index contributed by atoms with van der Waals surface area (Å²) >= 11 is 0. The molecule has 1 aliphatic rings. The molecule has 0 bridgehead atoms. The molecule has 8 nitrogen and oxygen atoms in total. The van der Waals surface area contributed by atoms with Gasteiger partial charge in [-0.05, 0) is 18.6 Å². The smallest absolute Gasteiger partial charge is 0.342 e. The molecule has 8 heteroatoms. The van der Waals surface area contributed by atoms with Crippen molar-refractivity contribution in [3.63, 3.8) is 0 Å². The zero-order valence-electron chi connectivity index (χ0n) is 11.4. The number of rotatable bonds is 4. The van der Waals surface area contributed by atoms with E-state index in [1.807, 2.05) is 6.92 Å². The first-order chi connectivity index (χ1) is 9.95. The van der Waals surface area contributed by atoms with Crippen LogP contribution in [0.3, 0.4) is 0 Å². The summed E-state index contributed by atoms with van der Waals surface area (Å²) in [6.45, 7) is 2.84. The number of benzene rings is 1. The molecule has 2 rings (SSSR count). The van der Waals surface area contributed by atoms with Crippen molar-refractivity contribution in [3.8, 4) is 0 Å². The first-order valence-electron chi connectivity index (χ1n) is 6.51. The highest BCUT2D eigenvalue weighted by Gasteiger charge is 2.30. The number of hydrogen-bond donors (Lipinski definition) is 2. The number of carbonyl (C=O) groups is 2. The fourth-order valence-corrected chi connectivity index (χ4v) is 2.46. The molecule has 0 radical (unpaired) electrons. The van der Waals surface area contributed by atoms with E-state index in [0.717, 1.165) is 6.07 Å². The van der Waals surface area contributed by atoms with Crippen LogP contribution in [-0.2, 0) is 4.79 Å². The Kier molecular flexibility index (Phi) is 4.06. The second kappa shape index (κ2) is 5.78. The first-order valence-corrected chi connectivity index (χ1v) is 6.51. The van der Waals surface area contributed by atoms with Gasteiger partial charge in [0, 0.05) is 24.8 Å². The van der Waals surface area contributed by atoms with Crippen molar-refractivity contribution in [1.29, 1.82) is 0 Å². The number of carboxylic acids is 1. The van der Waals surface area contributed by atoms with Crippen LogP contribution in [0.15, 0.2) is 18.2 Å². The highest BCUT2D eigenvalue weighted by atomic mass is 16.6. The molecule has 1 atom stereocenters. The highest BCUT2D eigenvalue weighted by Crippen LogP contribution is 2.27. The predicted octanol–water partition coefficient (Wildman–Crippen LogP) is 1.01. The number of nitro groups is 1. The van der Waals surface area contributed by atoms with Gasteiger partial charge in [-0.3, -0.25) is 14.9 Å². The van der Waals surface area contributed by atoms with Crippen molar-refractivity contribution in [1.82, 2.24) is 5.32 Å². The Bertz CT molecular complexity index is 601. The minimum atomic E-state index is -1.36. The van der Waals surface area contributed by atoms with Crippen molar-refractivity contribution < 1.29 is 19.6 Å². The summed E-state index contributed by atoms with van der Waals surface area (Å²) in [5.74, 6) is -1.49. The minimum Gasteiger partial charge on any atom is -0.477 e. The zero-order chi connectivity index (χ0) is 15.6. The molecule has 1 heterocycles. The molecule has 1 aromatic rings. The molecule has 1 amide bonds. The van der Waals surface area contributed by atoms with Crippen LogP contribution < -0.4 is 10.2 Å². The van der Waals surface area contributed by atoms with Gasteiger partial charge in [-0.15, -0.1) is 0 Å². The molecular formula is C13H15N3O5. The molecular weight excluding hydrogens is 278 g/mol. The van der Waals surface area contributed by atoms with Crippen LogP contribution in [0.25, 0.3) is 0 Å². The van der Waals surface area contributed by atoms with E-state index in [2.05, 4.69) is 5.32 Å². The molecule has 1 saturated heterocycles. The lowest BCUT2D eigenvalue weighted by atomic mass is 10.1. The Morgan fingerprint density at radius 1 is 1.57 bits per heavy atom. The van der Waals surface area contributed by atoms with E-state index < -0.39 is 22.6 Å². The molecule has 0 aromatic heterocycles. The number of nitrogens with one attached hydrogen (secondary N) is 1. The Hall–Kier alpha value is -2.64. The lowest BCUT2D eigenvalue weighted by molar-refractivity contribution is -0.385. The Morgan fingerprint density at radius 3 is 2.86 bits per heavy atom. The number of hydrogen-bond acceptors (Lipinski definition) is 5. The fourth-order valence-electron chi connectivity index (χ4n) is 2.46. The third-order valence-corrected chi connectivity index (χ3v) is 3.46. The number of nitro benzene ring substituents is 1. The summed E-state index contributed by atoms with van der Waals surface area (Å²) in [7, 11) is 0. The van der Waals surface area contributed by atoms with Crippen molar-refractivity contribution >= 4 is 23.3 Å². The van der Waals surface area contributed by atoms with Gasteiger partial charge in [-0.2, -0.15) is 0 Å². The van der Waals surface area contributed by atoms with E-state index in [0.29, 0.717) is 25.2 Å². The van der Waals surface area contributed by atoms with Crippen molar-refractivity contribution in [2.24, 2.45) is 0 Å². The van der Waals surface area contributed by atoms with E-state index in [1.54, 1.807) is 4.90 Å². The third-order valence-electron chi connectivity index (χ3n) is 3.46. The SMILES string of the molecule is CCC1C(=O)NCCN1c1ccc([N+](=O)[O-])c(C(=O)O)c1. The topological polar surface area (TPSA) is 113 Å². The number of amides is 1. The monoisotopic (exact) mass is 293 g/mol. The van der Waals surface area contributed by atoms with Gasteiger partial charge < -0.3 is 15.3 Å². The number of anilines is 1. The summed E-state index contributed by atoms with van der Waals surface area (Å²) in [5, 5.41) is 22.7. The van der Waals surface area contributed by atoms with Gasteiger partial charge >= 0.3 is 5.97 Å². The Morgan fingerprint density at radius 2 is 2.29 bits per heavy atom. The van der Waals surface area contributed by atoms with E-state index in [4.69, 9.17) is 5.11 Å². The van der Waals surface area contributed by atoms with Crippen LogP contribution in [0.2, 0.25) is 0 Å².